The van der Waals surface area contributed by atoms with E-state index in [4.69, 9.17) is 5.26 Å². The van der Waals surface area contributed by atoms with E-state index in [1.54, 1.807) is 12.1 Å². The molecule has 0 saturated heterocycles. The minimum atomic E-state index is 0.275. The largest absolute Gasteiger partial charge is 0.396 e. The fourth-order valence-electron chi connectivity index (χ4n) is 2.85. The Kier molecular flexibility index (Phi) is 4.75. The minimum absolute atomic E-state index is 0.275. The molecule has 1 aromatic rings. The van der Waals surface area contributed by atoms with E-state index in [1.165, 1.54) is 12.8 Å². The second-order valence-corrected chi connectivity index (χ2v) is 5.36. The lowest BCUT2D eigenvalue weighted by molar-refractivity contribution is 0.141. The lowest BCUT2D eigenvalue weighted by Crippen LogP contribution is -2.28. The van der Waals surface area contributed by atoms with Crippen LogP contribution in [0.1, 0.15) is 36.9 Å². The molecular formula is C15H21N3O. The molecule has 1 aliphatic rings. The molecule has 1 aliphatic carbocycles. The molecule has 2 N–H and O–H groups in total. The third-order valence-electron chi connectivity index (χ3n) is 3.93. The van der Waals surface area contributed by atoms with Crippen LogP contribution in [0.25, 0.3) is 0 Å². The molecule has 19 heavy (non-hydrogen) atoms. The molecule has 1 saturated carbocycles. The summed E-state index contributed by atoms with van der Waals surface area (Å²) in [4.78, 5) is 4.39. The van der Waals surface area contributed by atoms with Gasteiger partial charge < -0.3 is 10.4 Å². The Bertz CT molecular complexity index is 467. The number of nitrogens with zero attached hydrogens (tertiary/aromatic N) is 2. The van der Waals surface area contributed by atoms with E-state index in [-0.39, 0.29) is 6.61 Å². The summed E-state index contributed by atoms with van der Waals surface area (Å²) in [6, 6.07) is 5.71. The maximum atomic E-state index is 9.40. The van der Waals surface area contributed by atoms with Gasteiger partial charge in [-0.1, -0.05) is 12.8 Å². The van der Waals surface area contributed by atoms with Crippen LogP contribution in [-0.2, 0) is 0 Å². The van der Waals surface area contributed by atoms with Gasteiger partial charge in [0, 0.05) is 18.8 Å². The quantitative estimate of drug-likeness (QED) is 0.871. The van der Waals surface area contributed by atoms with Gasteiger partial charge in [-0.25, -0.2) is 4.98 Å². The van der Waals surface area contributed by atoms with Crippen molar-refractivity contribution in [2.45, 2.75) is 32.6 Å². The number of hydrogen-bond acceptors (Lipinski definition) is 4. The van der Waals surface area contributed by atoms with Crippen molar-refractivity contribution in [1.82, 2.24) is 4.98 Å². The molecule has 2 atom stereocenters. The molecule has 0 aliphatic heterocycles. The van der Waals surface area contributed by atoms with Gasteiger partial charge >= 0.3 is 0 Å². The first-order valence-electron chi connectivity index (χ1n) is 6.96. The van der Waals surface area contributed by atoms with Crippen LogP contribution in [0.2, 0.25) is 0 Å². The molecule has 4 nitrogen and oxygen atoms in total. The fourth-order valence-corrected chi connectivity index (χ4v) is 2.85. The molecule has 1 heterocycles. The monoisotopic (exact) mass is 259 g/mol. The maximum absolute atomic E-state index is 9.40. The van der Waals surface area contributed by atoms with Gasteiger partial charge in [0.2, 0.25) is 0 Å². The van der Waals surface area contributed by atoms with Crippen molar-refractivity contribution >= 4 is 5.82 Å². The van der Waals surface area contributed by atoms with Crippen LogP contribution < -0.4 is 5.32 Å². The van der Waals surface area contributed by atoms with E-state index < -0.39 is 0 Å². The number of aromatic nitrogens is 1. The van der Waals surface area contributed by atoms with Gasteiger partial charge in [-0.2, -0.15) is 5.26 Å². The van der Waals surface area contributed by atoms with Crippen molar-refractivity contribution in [1.29, 1.82) is 5.26 Å². The van der Waals surface area contributed by atoms with Crippen molar-refractivity contribution in [3.63, 3.8) is 0 Å². The normalized spacial score (nSPS) is 22.8. The van der Waals surface area contributed by atoms with Crippen molar-refractivity contribution in [2.75, 3.05) is 18.5 Å². The van der Waals surface area contributed by atoms with Crippen molar-refractivity contribution < 1.29 is 5.11 Å². The van der Waals surface area contributed by atoms with Crippen LogP contribution in [0.4, 0.5) is 5.82 Å². The first kappa shape index (κ1) is 13.8. The lowest BCUT2D eigenvalue weighted by Gasteiger charge is -2.30. The molecule has 2 rings (SSSR count). The van der Waals surface area contributed by atoms with Crippen LogP contribution in [0.5, 0.6) is 0 Å². The predicted octanol–water partition coefficient (Wildman–Crippen LogP) is 2.47. The van der Waals surface area contributed by atoms with Crippen molar-refractivity contribution in [2.24, 2.45) is 11.8 Å². The lowest BCUT2D eigenvalue weighted by atomic mass is 9.79. The topological polar surface area (TPSA) is 68.9 Å². The Labute approximate surface area is 114 Å². The molecular weight excluding hydrogens is 238 g/mol. The van der Waals surface area contributed by atoms with Crippen LogP contribution >= 0.6 is 0 Å². The Balaban J connectivity index is 1.98. The highest BCUT2D eigenvalue weighted by Crippen LogP contribution is 2.29. The average Bonchev–Trinajstić information content (AvgIpc) is 2.44. The van der Waals surface area contributed by atoms with Crippen LogP contribution in [0, 0.1) is 30.1 Å². The Morgan fingerprint density at radius 2 is 2.11 bits per heavy atom. The summed E-state index contributed by atoms with van der Waals surface area (Å²) >= 11 is 0. The molecule has 2 unspecified atom stereocenters. The number of rotatable bonds is 4. The summed E-state index contributed by atoms with van der Waals surface area (Å²) in [5.74, 6) is 1.67. The summed E-state index contributed by atoms with van der Waals surface area (Å²) in [7, 11) is 0. The number of nitriles is 1. The van der Waals surface area contributed by atoms with Gasteiger partial charge in [-0.05, 0) is 43.7 Å². The highest BCUT2D eigenvalue weighted by atomic mass is 16.3. The number of anilines is 1. The predicted molar refractivity (Wildman–Crippen MR) is 74.7 cm³/mol. The summed E-state index contributed by atoms with van der Waals surface area (Å²) in [5.41, 5.74) is 1.49. The standard InChI is InChI=1S/C15H21N3O/c1-11-6-12(8-16)7-15(18-11)17-9-13-4-2-3-5-14(13)10-19/h6-7,13-14,19H,2-5,9-10H2,1H3,(H,17,18). The van der Waals surface area contributed by atoms with Crippen LogP contribution in [0.3, 0.4) is 0 Å². The zero-order valence-corrected chi connectivity index (χ0v) is 11.4. The molecule has 0 spiro atoms. The molecule has 1 aromatic heterocycles. The second kappa shape index (κ2) is 6.53. The van der Waals surface area contributed by atoms with Gasteiger partial charge in [0.15, 0.2) is 0 Å². The number of hydrogen-bond donors (Lipinski definition) is 2. The first-order chi connectivity index (χ1) is 9.22. The van der Waals surface area contributed by atoms with E-state index in [2.05, 4.69) is 16.4 Å². The molecule has 0 amide bonds. The number of aliphatic hydroxyl groups is 1. The minimum Gasteiger partial charge on any atom is -0.396 e. The highest BCUT2D eigenvalue weighted by molar-refractivity contribution is 5.44. The number of aliphatic hydroxyl groups excluding tert-OH is 1. The maximum Gasteiger partial charge on any atom is 0.127 e. The summed E-state index contributed by atoms with van der Waals surface area (Å²) in [5, 5.41) is 21.7. The smallest absolute Gasteiger partial charge is 0.127 e. The van der Waals surface area contributed by atoms with E-state index in [9.17, 15) is 5.11 Å². The molecule has 0 aromatic carbocycles. The number of nitrogens with one attached hydrogen (secondary N) is 1. The van der Waals surface area contributed by atoms with E-state index in [0.717, 1.165) is 30.9 Å². The van der Waals surface area contributed by atoms with Gasteiger partial charge in [-0.3, -0.25) is 0 Å². The van der Waals surface area contributed by atoms with Gasteiger partial charge in [0.05, 0.1) is 11.6 Å². The molecule has 0 bridgehead atoms. The Morgan fingerprint density at radius 1 is 1.37 bits per heavy atom. The first-order valence-corrected chi connectivity index (χ1v) is 6.96. The number of aryl methyl sites for hydroxylation is 1. The van der Waals surface area contributed by atoms with E-state index in [1.807, 2.05) is 6.92 Å². The summed E-state index contributed by atoms with van der Waals surface area (Å²) in [6.45, 7) is 2.99. The zero-order chi connectivity index (χ0) is 13.7. The van der Waals surface area contributed by atoms with Gasteiger partial charge in [0.1, 0.15) is 5.82 Å². The third kappa shape index (κ3) is 3.68. The van der Waals surface area contributed by atoms with Gasteiger partial charge in [0.25, 0.3) is 0 Å². The third-order valence-corrected chi connectivity index (χ3v) is 3.93. The summed E-state index contributed by atoms with van der Waals surface area (Å²) < 4.78 is 0. The van der Waals surface area contributed by atoms with Gasteiger partial charge in [-0.15, -0.1) is 0 Å². The second-order valence-electron chi connectivity index (χ2n) is 5.36. The Hall–Kier alpha value is -1.60. The summed E-state index contributed by atoms with van der Waals surface area (Å²) in [6.07, 6.45) is 4.75. The molecule has 0 radical (unpaired) electrons. The zero-order valence-electron chi connectivity index (χ0n) is 11.4. The van der Waals surface area contributed by atoms with E-state index in [0.29, 0.717) is 17.4 Å². The SMILES string of the molecule is Cc1cc(C#N)cc(NCC2CCCCC2CO)n1. The fraction of sp³-hybridized carbons (Fsp3) is 0.600. The highest BCUT2D eigenvalue weighted by Gasteiger charge is 2.24. The van der Waals surface area contributed by atoms with Crippen LogP contribution in [-0.4, -0.2) is 23.2 Å². The molecule has 4 heteroatoms. The number of pyridine rings is 1. The Morgan fingerprint density at radius 3 is 2.79 bits per heavy atom. The van der Waals surface area contributed by atoms with Crippen LogP contribution in [0.15, 0.2) is 12.1 Å². The van der Waals surface area contributed by atoms with Crippen molar-refractivity contribution in [3.8, 4) is 6.07 Å². The van der Waals surface area contributed by atoms with E-state index >= 15 is 0 Å². The molecule has 102 valence electrons. The van der Waals surface area contributed by atoms with Crippen molar-refractivity contribution in [3.05, 3.63) is 23.4 Å². The average molecular weight is 259 g/mol. The molecule has 1 fully saturated rings.